The number of hydrogen-bond donors (Lipinski definition) is 0. The third kappa shape index (κ3) is 6.64. The van der Waals surface area contributed by atoms with Crippen LogP contribution in [0.3, 0.4) is 0 Å². The number of rotatable bonds is 8. The minimum absolute atomic E-state index is 0.888. The van der Waals surface area contributed by atoms with E-state index in [2.05, 4.69) is 80.3 Å². The first-order chi connectivity index (χ1) is 14.3. The maximum absolute atomic E-state index is 3.47. The van der Waals surface area contributed by atoms with Crippen molar-refractivity contribution >= 4 is 0 Å². The number of aryl methyl sites for hydroxylation is 1. The number of hydrogen-bond acceptors (Lipinski definition) is 0. The average Bonchev–Trinajstić information content (AvgIpc) is 2.77. The Labute approximate surface area is 178 Å². The highest BCUT2D eigenvalue weighted by Gasteiger charge is 2.13. The molecule has 0 heterocycles. The summed E-state index contributed by atoms with van der Waals surface area (Å²) in [5.41, 5.74) is 6.56. The van der Waals surface area contributed by atoms with Crippen LogP contribution in [0.4, 0.5) is 0 Å². The molecule has 0 aromatic heterocycles. The second-order valence-electron chi connectivity index (χ2n) is 8.46. The molecule has 1 atom stereocenters. The molecule has 29 heavy (non-hydrogen) atoms. The second kappa shape index (κ2) is 11.7. The number of allylic oxidation sites excluding steroid dienone is 2. The first-order valence-electron chi connectivity index (χ1n) is 11.7. The van der Waals surface area contributed by atoms with E-state index >= 15 is 0 Å². The van der Waals surface area contributed by atoms with E-state index in [0.717, 1.165) is 30.7 Å². The molecule has 0 heteroatoms. The average molecular weight is 385 g/mol. The summed E-state index contributed by atoms with van der Waals surface area (Å²) in [6.07, 6.45) is 15.3. The molecule has 0 saturated carbocycles. The van der Waals surface area contributed by atoms with E-state index in [9.17, 15) is 0 Å². The Morgan fingerprint density at radius 2 is 1.76 bits per heavy atom. The summed E-state index contributed by atoms with van der Waals surface area (Å²) in [5, 5.41) is 0. The van der Waals surface area contributed by atoms with Crippen LogP contribution in [0.15, 0.2) is 60.2 Å². The Morgan fingerprint density at radius 3 is 2.48 bits per heavy atom. The van der Waals surface area contributed by atoms with Crippen LogP contribution < -0.4 is 0 Å². The van der Waals surface area contributed by atoms with Crippen LogP contribution in [0.2, 0.25) is 0 Å². The van der Waals surface area contributed by atoms with Crippen molar-refractivity contribution in [3.05, 3.63) is 71.3 Å². The van der Waals surface area contributed by atoms with Crippen molar-refractivity contribution in [1.82, 2.24) is 0 Å². The van der Waals surface area contributed by atoms with Gasteiger partial charge in [0.05, 0.1) is 0 Å². The zero-order valence-electron chi connectivity index (χ0n) is 18.3. The summed E-state index contributed by atoms with van der Waals surface area (Å²) in [5.74, 6) is 7.81. The molecule has 3 rings (SSSR count). The lowest BCUT2D eigenvalue weighted by molar-refractivity contribution is 0.417. The fraction of sp³-hybridized carbons (Fsp3) is 0.448. The van der Waals surface area contributed by atoms with Crippen LogP contribution in [-0.4, -0.2) is 0 Å². The van der Waals surface area contributed by atoms with E-state index in [1.54, 1.807) is 0 Å². The Bertz CT molecular complexity index is 845. The van der Waals surface area contributed by atoms with Gasteiger partial charge in [-0.2, -0.15) is 0 Å². The quantitative estimate of drug-likeness (QED) is 0.317. The molecule has 0 radical (unpaired) electrons. The minimum atomic E-state index is 0.888. The second-order valence-corrected chi connectivity index (χ2v) is 8.46. The highest BCUT2D eigenvalue weighted by Crippen LogP contribution is 2.28. The third-order valence-electron chi connectivity index (χ3n) is 6.06. The number of benzene rings is 2. The summed E-state index contributed by atoms with van der Waals surface area (Å²) >= 11 is 0. The Kier molecular flexibility index (Phi) is 8.63. The van der Waals surface area contributed by atoms with Crippen molar-refractivity contribution in [2.24, 2.45) is 5.92 Å². The monoisotopic (exact) mass is 384 g/mol. The standard InChI is InChI=1S/C29H36/c1-3-5-6-8-12-24-15-17-25(18-16-24)19-20-26-21-22-29(28(23-26)11-4-2)27-13-9-7-10-14-27/h7,9-10,13-14,17,21-24H,3-6,8,11-12,15-16,18H2,1-2H3. The topological polar surface area (TPSA) is 0 Å². The van der Waals surface area contributed by atoms with Gasteiger partial charge in [-0.3, -0.25) is 0 Å². The molecule has 0 aliphatic heterocycles. The van der Waals surface area contributed by atoms with Gasteiger partial charge in [0.25, 0.3) is 0 Å². The molecular formula is C29H36. The van der Waals surface area contributed by atoms with E-state index in [1.165, 1.54) is 67.2 Å². The molecule has 0 fully saturated rings. The van der Waals surface area contributed by atoms with Gasteiger partial charge in [0, 0.05) is 5.56 Å². The van der Waals surface area contributed by atoms with Crippen LogP contribution in [0.5, 0.6) is 0 Å². The van der Waals surface area contributed by atoms with E-state index < -0.39 is 0 Å². The zero-order valence-corrected chi connectivity index (χ0v) is 18.3. The third-order valence-corrected chi connectivity index (χ3v) is 6.06. The molecule has 2 aromatic carbocycles. The summed E-state index contributed by atoms with van der Waals surface area (Å²) < 4.78 is 0. The van der Waals surface area contributed by atoms with Crippen molar-refractivity contribution in [1.29, 1.82) is 0 Å². The van der Waals surface area contributed by atoms with E-state index in [1.807, 2.05) is 0 Å². The lowest BCUT2D eigenvalue weighted by Gasteiger charge is -2.19. The summed E-state index contributed by atoms with van der Waals surface area (Å²) in [4.78, 5) is 0. The van der Waals surface area contributed by atoms with Gasteiger partial charge in [0.2, 0.25) is 0 Å². The molecule has 2 aromatic rings. The van der Waals surface area contributed by atoms with Crippen molar-refractivity contribution < 1.29 is 0 Å². The van der Waals surface area contributed by atoms with Gasteiger partial charge < -0.3 is 0 Å². The van der Waals surface area contributed by atoms with Crippen molar-refractivity contribution in [3.63, 3.8) is 0 Å². The first-order valence-corrected chi connectivity index (χ1v) is 11.7. The Balaban J connectivity index is 1.65. The molecule has 0 nitrogen and oxygen atoms in total. The smallest absolute Gasteiger partial charge is 0.0252 e. The number of unbranched alkanes of at least 4 members (excludes halogenated alkanes) is 3. The molecule has 152 valence electrons. The van der Waals surface area contributed by atoms with Gasteiger partial charge in [-0.25, -0.2) is 0 Å². The molecule has 0 spiro atoms. The van der Waals surface area contributed by atoms with Gasteiger partial charge in [-0.1, -0.05) is 107 Å². The largest absolute Gasteiger partial charge is 0.0726 e. The zero-order chi connectivity index (χ0) is 20.3. The molecule has 0 saturated heterocycles. The summed E-state index contributed by atoms with van der Waals surface area (Å²) in [7, 11) is 0. The molecule has 0 amide bonds. The molecule has 1 unspecified atom stereocenters. The van der Waals surface area contributed by atoms with Crippen LogP contribution in [-0.2, 0) is 6.42 Å². The van der Waals surface area contributed by atoms with Gasteiger partial charge in [0.15, 0.2) is 0 Å². The maximum atomic E-state index is 3.47. The molecule has 0 bridgehead atoms. The predicted octanol–water partition coefficient (Wildman–Crippen LogP) is 8.35. The first kappa shape index (κ1) is 21.4. The highest BCUT2D eigenvalue weighted by molar-refractivity contribution is 5.68. The van der Waals surface area contributed by atoms with Crippen LogP contribution in [0.25, 0.3) is 11.1 Å². The minimum Gasteiger partial charge on any atom is -0.0726 e. The maximum Gasteiger partial charge on any atom is 0.0252 e. The fourth-order valence-corrected chi connectivity index (χ4v) is 4.32. The molecule has 1 aliphatic carbocycles. The van der Waals surface area contributed by atoms with Gasteiger partial charge in [-0.15, -0.1) is 0 Å². The molecule has 0 N–H and O–H groups in total. The van der Waals surface area contributed by atoms with Gasteiger partial charge in [0.1, 0.15) is 0 Å². The van der Waals surface area contributed by atoms with E-state index in [4.69, 9.17) is 0 Å². The lowest BCUT2D eigenvalue weighted by Crippen LogP contribution is -2.05. The molecule has 1 aliphatic rings. The van der Waals surface area contributed by atoms with Crippen molar-refractivity contribution in [3.8, 4) is 23.0 Å². The van der Waals surface area contributed by atoms with E-state index in [-0.39, 0.29) is 0 Å². The summed E-state index contributed by atoms with van der Waals surface area (Å²) in [6.45, 7) is 4.54. The highest BCUT2D eigenvalue weighted by atomic mass is 14.2. The lowest BCUT2D eigenvalue weighted by atomic mass is 9.86. The predicted molar refractivity (Wildman–Crippen MR) is 127 cm³/mol. The van der Waals surface area contributed by atoms with E-state index in [0.29, 0.717) is 0 Å². The Morgan fingerprint density at radius 1 is 0.897 bits per heavy atom. The fourth-order valence-electron chi connectivity index (χ4n) is 4.32. The van der Waals surface area contributed by atoms with Gasteiger partial charge >= 0.3 is 0 Å². The summed E-state index contributed by atoms with van der Waals surface area (Å²) in [6, 6.07) is 17.5. The van der Waals surface area contributed by atoms with Crippen LogP contribution in [0, 0.1) is 17.8 Å². The van der Waals surface area contributed by atoms with Crippen molar-refractivity contribution in [2.45, 2.75) is 78.1 Å². The Hall–Kier alpha value is -2.26. The van der Waals surface area contributed by atoms with Crippen LogP contribution >= 0.6 is 0 Å². The van der Waals surface area contributed by atoms with Crippen molar-refractivity contribution in [2.75, 3.05) is 0 Å². The van der Waals surface area contributed by atoms with Gasteiger partial charge in [-0.05, 0) is 66.0 Å². The van der Waals surface area contributed by atoms with Crippen LogP contribution in [0.1, 0.15) is 82.8 Å². The molecular weight excluding hydrogens is 348 g/mol. The SMILES string of the molecule is CCCCCCC1CC=C(C#Cc2ccc(-c3ccccc3)c(CCC)c2)CC1. The normalized spacial score (nSPS) is 16.1.